The summed E-state index contributed by atoms with van der Waals surface area (Å²) in [5, 5.41) is 8.63. The number of anilines is 3. The molecule has 3 aromatic heterocycles. The van der Waals surface area contributed by atoms with E-state index < -0.39 is 11.5 Å². The number of amides is 2. The predicted molar refractivity (Wildman–Crippen MR) is 125 cm³/mol. The molecule has 4 rings (SSSR count). The summed E-state index contributed by atoms with van der Waals surface area (Å²) >= 11 is 0. The fourth-order valence-electron chi connectivity index (χ4n) is 3.06. The maximum Gasteiger partial charge on any atom is 0.278 e. The lowest BCUT2D eigenvalue weighted by Crippen LogP contribution is -2.40. The molecule has 0 atom stereocenters. The van der Waals surface area contributed by atoms with Gasteiger partial charge in [-0.05, 0) is 32.8 Å². The highest BCUT2D eigenvalue weighted by atomic mass is 16.5. The number of methoxy groups -OCH3 is 1. The molecule has 11 heteroatoms. The van der Waals surface area contributed by atoms with Crippen molar-refractivity contribution in [1.82, 2.24) is 30.2 Å². The van der Waals surface area contributed by atoms with Crippen molar-refractivity contribution in [3.8, 4) is 0 Å². The summed E-state index contributed by atoms with van der Waals surface area (Å²) < 4.78 is 5.35. The van der Waals surface area contributed by atoms with E-state index in [0.29, 0.717) is 18.2 Å². The van der Waals surface area contributed by atoms with Gasteiger partial charge in [0, 0.05) is 25.8 Å². The Balaban J connectivity index is 1.58. The number of nitrogens with zero attached hydrogens (tertiary/aromatic N) is 5. The van der Waals surface area contributed by atoms with E-state index in [4.69, 9.17) is 4.74 Å². The van der Waals surface area contributed by atoms with Crippen molar-refractivity contribution >= 4 is 29.0 Å². The van der Waals surface area contributed by atoms with Gasteiger partial charge in [-0.2, -0.15) is 0 Å². The molecule has 1 saturated carbocycles. The Bertz CT molecular complexity index is 1180. The van der Waals surface area contributed by atoms with E-state index in [1.807, 2.05) is 13.8 Å². The van der Waals surface area contributed by atoms with Crippen LogP contribution in [0.5, 0.6) is 0 Å². The molecule has 3 aromatic rings. The smallest absolute Gasteiger partial charge is 0.278 e. The second-order valence-electron chi connectivity index (χ2n) is 8.54. The van der Waals surface area contributed by atoms with Crippen LogP contribution in [0.2, 0.25) is 0 Å². The molecule has 3 N–H and O–H groups in total. The maximum atomic E-state index is 13.3. The first kappa shape index (κ1) is 23.2. The Morgan fingerprint density at radius 1 is 1.09 bits per heavy atom. The van der Waals surface area contributed by atoms with Crippen molar-refractivity contribution in [1.29, 1.82) is 0 Å². The largest absolute Gasteiger partial charge is 0.377 e. The Kier molecular flexibility index (Phi) is 6.73. The fourth-order valence-corrected chi connectivity index (χ4v) is 3.06. The van der Waals surface area contributed by atoms with E-state index in [1.54, 1.807) is 25.7 Å². The highest BCUT2D eigenvalue weighted by Gasteiger charge is 2.28. The van der Waals surface area contributed by atoms with Crippen molar-refractivity contribution in [2.24, 2.45) is 0 Å². The van der Waals surface area contributed by atoms with Gasteiger partial charge in [-0.25, -0.2) is 19.9 Å². The third-order valence-corrected chi connectivity index (χ3v) is 5.37. The number of rotatable bonds is 9. The maximum absolute atomic E-state index is 13.3. The van der Waals surface area contributed by atoms with Crippen LogP contribution in [-0.4, -0.2) is 56.0 Å². The van der Waals surface area contributed by atoms with Crippen LogP contribution in [0.4, 0.5) is 17.2 Å². The average Bonchev–Trinajstić information content (AvgIpc) is 3.69. The molecule has 3 heterocycles. The zero-order chi connectivity index (χ0) is 24.1. The van der Waals surface area contributed by atoms with Gasteiger partial charge in [0.2, 0.25) is 0 Å². The second kappa shape index (κ2) is 9.87. The van der Waals surface area contributed by atoms with E-state index >= 15 is 0 Å². The summed E-state index contributed by atoms with van der Waals surface area (Å²) in [5.74, 6) is -0.320. The van der Waals surface area contributed by atoms with Crippen LogP contribution in [0.1, 0.15) is 59.1 Å². The molecule has 0 saturated heterocycles. The number of carbonyl (C=O) groups is 2. The lowest BCUT2D eigenvalue weighted by atomic mass is 10.1. The minimum atomic E-state index is -0.535. The third kappa shape index (κ3) is 5.67. The van der Waals surface area contributed by atoms with Gasteiger partial charge in [-0.15, -0.1) is 0 Å². The predicted octanol–water partition coefficient (Wildman–Crippen LogP) is 2.69. The molecule has 0 radical (unpaired) electrons. The SMILES string of the molecule is COC(C)(C)CNC(=O)c1ccncc1NC(=O)c1nc(C2CC2)cnc1Nc1cncnc1. The van der Waals surface area contributed by atoms with Crippen LogP contribution in [-0.2, 0) is 4.74 Å². The zero-order valence-corrected chi connectivity index (χ0v) is 19.2. The number of carbonyl (C=O) groups excluding carboxylic acids is 2. The number of pyridine rings is 1. The Morgan fingerprint density at radius 2 is 1.85 bits per heavy atom. The van der Waals surface area contributed by atoms with E-state index in [1.165, 1.54) is 24.8 Å². The van der Waals surface area contributed by atoms with E-state index in [2.05, 4.69) is 40.9 Å². The van der Waals surface area contributed by atoms with E-state index in [0.717, 1.165) is 18.5 Å². The van der Waals surface area contributed by atoms with Gasteiger partial charge in [0.05, 0.1) is 53.0 Å². The lowest BCUT2D eigenvalue weighted by Gasteiger charge is -2.23. The second-order valence-corrected chi connectivity index (χ2v) is 8.54. The first-order chi connectivity index (χ1) is 16.4. The average molecular weight is 463 g/mol. The number of nitrogens with one attached hydrogen (secondary N) is 3. The first-order valence-electron chi connectivity index (χ1n) is 10.8. The minimum Gasteiger partial charge on any atom is -0.377 e. The van der Waals surface area contributed by atoms with Crippen molar-refractivity contribution in [3.05, 3.63) is 60.3 Å². The van der Waals surface area contributed by atoms with E-state index in [9.17, 15) is 9.59 Å². The highest BCUT2D eigenvalue weighted by molar-refractivity contribution is 6.10. The number of hydrogen-bond acceptors (Lipinski definition) is 9. The molecule has 34 heavy (non-hydrogen) atoms. The van der Waals surface area contributed by atoms with Gasteiger partial charge in [-0.1, -0.05) is 0 Å². The van der Waals surface area contributed by atoms with Crippen LogP contribution >= 0.6 is 0 Å². The van der Waals surface area contributed by atoms with Crippen molar-refractivity contribution in [2.45, 2.75) is 38.2 Å². The zero-order valence-electron chi connectivity index (χ0n) is 19.2. The monoisotopic (exact) mass is 462 g/mol. The number of hydrogen-bond donors (Lipinski definition) is 3. The molecule has 0 aromatic carbocycles. The quantitative estimate of drug-likeness (QED) is 0.437. The highest BCUT2D eigenvalue weighted by Crippen LogP contribution is 2.39. The molecule has 2 amide bonds. The van der Waals surface area contributed by atoms with E-state index in [-0.39, 0.29) is 28.7 Å². The van der Waals surface area contributed by atoms with Gasteiger partial charge in [0.25, 0.3) is 11.8 Å². The van der Waals surface area contributed by atoms with Gasteiger partial charge in [-0.3, -0.25) is 14.6 Å². The molecule has 1 aliphatic carbocycles. The van der Waals surface area contributed by atoms with Crippen LogP contribution in [0, 0.1) is 0 Å². The molecular weight excluding hydrogens is 436 g/mol. The molecule has 1 fully saturated rings. The van der Waals surface area contributed by atoms with Crippen molar-refractivity contribution < 1.29 is 14.3 Å². The lowest BCUT2D eigenvalue weighted by molar-refractivity contribution is 0.0229. The first-order valence-corrected chi connectivity index (χ1v) is 10.8. The summed E-state index contributed by atoms with van der Waals surface area (Å²) in [6, 6.07) is 1.54. The van der Waals surface area contributed by atoms with Gasteiger partial charge in [0.1, 0.15) is 6.33 Å². The Morgan fingerprint density at radius 3 is 2.56 bits per heavy atom. The number of aromatic nitrogens is 5. The summed E-state index contributed by atoms with van der Waals surface area (Å²) in [6.45, 7) is 4.01. The standard InChI is InChI=1S/C23H26N8O3/c1-23(2,34-3)12-28-21(32)16-6-7-24-10-18(16)31-22(33)19-20(29-15-8-25-13-26-9-15)27-11-17(30-19)14-4-5-14/h6-11,13-14H,4-5,12H2,1-3H3,(H,27,29)(H,28,32)(H,31,33). The molecule has 0 spiro atoms. The fraction of sp³-hybridized carbons (Fsp3) is 0.348. The summed E-state index contributed by atoms with van der Waals surface area (Å²) in [5.41, 5.74) is 1.41. The Hall–Kier alpha value is -3.99. The molecule has 176 valence electrons. The van der Waals surface area contributed by atoms with Gasteiger partial charge in [0.15, 0.2) is 11.5 Å². The molecular formula is C23H26N8O3. The summed E-state index contributed by atoms with van der Waals surface area (Å²) in [6.07, 6.45) is 11.1. The Labute approximate surface area is 196 Å². The third-order valence-electron chi connectivity index (χ3n) is 5.37. The van der Waals surface area contributed by atoms with Gasteiger partial charge >= 0.3 is 0 Å². The molecule has 0 unspecified atom stereocenters. The summed E-state index contributed by atoms with van der Waals surface area (Å²) in [4.78, 5) is 47.1. The van der Waals surface area contributed by atoms with Crippen LogP contribution in [0.25, 0.3) is 0 Å². The molecule has 0 aliphatic heterocycles. The van der Waals surface area contributed by atoms with Crippen LogP contribution < -0.4 is 16.0 Å². The van der Waals surface area contributed by atoms with Crippen molar-refractivity contribution in [3.63, 3.8) is 0 Å². The minimum absolute atomic E-state index is 0.101. The van der Waals surface area contributed by atoms with Crippen molar-refractivity contribution in [2.75, 3.05) is 24.3 Å². The van der Waals surface area contributed by atoms with Crippen LogP contribution in [0.15, 0.2) is 43.4 Å². The molecule has 1 aliphatic rings. The van der Waals surface area contributed by atoms with Gasteiger partial charge < -0.3 is 20.7 Å². The normalized spacial score (nSPS) is 13.3. The topological polar surface area (TPSA) is 144 Å². The summed E-state index contributed by atoms with van der Waals surface area (Å²) in [7, 11) is 1.58. The molecule has 0 bridgehead atoms. The number of ether oxygens (including phenoxy) is 1. The van der Waals surface area contributed by atoms with Crippen LogP contribution in [0.3, 0.4) is 0 Å². The molecule has 11 nitrogen and oxygen atoms in total.